The first-order valence-electron chi connectivity index (χ1n) is 17.1. The summed E-state index contributed by atoms with van der Waals surface area (Å²) in [6.07, 6.45) is -3.02. The monoisotopic (exact) mass is 752 g/mol. The number of alkyl halides is 3. The molecular formula is C34H40F4N6O7S. The lowest BCUT2D eigenvalue weighted by Crippen LogP contribution is -2.58. The number of benzene rings is 1. The molecule has 6 atom stereocenters. The summed E-state index contributed by atoms with van der Waals surface area (Å²) in [6.45, 7) is 4.62. The number of anilines is 1. The summed E-state index contributed by atoms with van der Waals surface area (Å²) in [5, 5.41) is 15.0. The maximum absolute atomic E-state index is 14.9. The van der Waals surface area contributed by atoms with Gasteiger partial charge in [0.25, 0.3) is 5.91 Å². The number of carbonyl (C=O) groups is 4. The second-order valence-electron chi connectivity index (χ2n) is 14.4. The van der Waals surface area contributed by atoms with Crippen molar-refractivity contribution < 1.29 is 50.3 Å². The van der Waals surface area contributed by atoms with Gasteiger partial charge in [0, 0.05) is 30.4 Å². The van der Waals surface area contributed by atoms with Crippen molar-refractivity contribution in [1.82, 2.24) is 24.8 Å². The third-order valence-electron chi connectivity index (χ3n) is 10.6. The van der Waals surface area contributed by atoms with Gasteiger partial charge >= 0.3 is 12.3 Å². The van der Waals surface area contributed by atoms with Crippen LogP contribution in [0.5, 0.6) is 0 Å². The topological polar surface area (TPSA) is 178 Å². The van der Waals surface area contributed by atoms with Crippen molar-refractivity contribution in [1.29, 1.82) is 0 Å². The highest BCUT2D eigenvalue weighted by atomic mass is 32.2. The van der Waals surface area contributed by atoms with Crippen LogP contribution in [0.25, 0.3) is 0 Å². The van der Waals surface area contributed by atoms with Gasteiger partial charge in [-0.3, -0.25) is 29.0 Å². The molecule has 4 amide bonds. The quantitative estimate of drug-likeness (QED) is 0.247. The van der Waals surface area contributed by atoms with Crippen molar-refractivity contribution in [2.75, 3.05) is 11.9 Å². The van der Waals surface area contributed by atoms with Crippen molar-refractivity contribution in [3.63, 3.8) is 0 Å². The maximum Gasteiger partial charge on any atom is 0.417 e. The Kier molecular flexibility index (Phi) is 9.67. The lowest BCUT2D eigenvalue weighted by atomic mass is 9.90. The highest BCUT2D eigenvalue weighted by Crippen LogP contribution is 2.48. The summed E-state index contributed by atoms with van der Waals surface area (Å²) in [5.41, 5.74) is -2.18. The molecule has 1 saturated heterocycles. The summed E-state index contributed by atoms with van der Waals surface area (Å²) in [4.78, 5) is 60.6. The van der Waals surface area contributed by atoms with Gasteiger partial charge in [-0.15, -0.1) is 0 Å². The molecule has 4 N–H and O–H groups in total. The molecule has 2 aliphatic heterocycles. The summed E-state index contributed by atoms with van der Waals surface area (Å²) >= 11 is 0. The van der Waals surface area contributed by atoms with Crippen LogP contribution in [0.4, 0.5) is 28.0 Å². The fraction of sp³-hybridized carbons (Fsp3) is 0.559. The molecule has 0 radical (unpaired) electrons. The molecule has 282 valence electrons. The first-order valence-corrected chi connectivity index (χ1v) is 18.7. The third kappa shape index (κ3) is 7.00. The second-order valence-corrected chi connectivity index (χ2v) is 16.4. The van der Waals surface area contributed by atoms with Crippen LogP contribution in [-0.2, 0) is 37.1 Å². The minimum atomic E-state index is -4.71. The summed E-state index contributed by atoms with van der Waals surface area (Å²) < 4.78 is 82.8. The van der Waals surface area contributed by atoms with E-state index >= 15 is 0 Å². The Hall–Kier alpha value is -4.48. The zero-order valence-electron chi connectivity index (χ0n) is 28.6. The van der Waals surface area contributed by atoms with E-state index in [1.807, 2.05) is 0 Å². The van der Waals surface area contributed by atoms with Crippen molar-refractivity contribution >= 4 is 39.5 Å². The molecule has 1 unspecified atom stereocenters. The van der Waals surface area contributed by atoms with Gasteiger partial charge in [0.15, 0.2) is 0 Å². The number of hydrogen-bond acceptors (Lipinski definition) is 8. The van der Waals surface area contributed by atoms with Gasteiger partial charge in [0.05, 0.1) is 29.1 Å². The number of nitrogens with zero attached hydrogens (tertiary/aromatic N) is 3. The van der Waals surface area contributed by atoms with Crippen LogP contribution in [-0.4, -0.2) is 81.5 Å². The summed E-state index contributed by atoms with van der Waals surface area (Å²) in [6, 6.07) is 1.57. The Bertz CT molecular complexity index is 1890. The maximum atomic E-state index is 14.9. The molecule has 2 aromatic rings. The van der Waals surface area contributed by atoms with E-state index in [0.717, 1.165) is 17.2 Å². The lowest BCUT2D eigenvalue weighted by Gasteiger charge is -2.32. The van der Waals surface area contributed by atoms with E-state index in [1.54, 1.807) is 26.8 Å². The predicted molar refractivity (Wildman–Crippen MR) is 177 cm³/mol. The normalized spacial score (nSPS) is 26.2. The molecule has 13 nitrogen and oxygen atoms in total. The Balaban J connectivity index is 1.33. The second kappa shape index (κ2) is 13.5. The average molecular weight is 753 g/mol. The largest absolute Gasteiger partial charge is 0.465 e. The van der Waals surface area contributed by atoms with Gasteiger partial charge in [-0.25, -0.2) is 17.6 Å². The van der Waals surface area contributed by atoms with Crippen LogP contribution < -0.4 is 15.4 Å². The van der Waals surface area contributed by atoms with E-state index in [9.17, 15) is 50.3 Å². The smallest absolute Gasteiger partial charge is 0.417 e. The van der Waals surface area contributed by atoms with Crippen molar-refractivity contribution in [3.8, 4) is 0 Å². The summed E-state index contributed by atoms with van der Waals surface area (Å²) in [5.74, 6) is -4.66. The molecule has 3 fully saturated rings. The fourth-order valence-corrected chi connectivity index (χ4v) is 8.95. The predicted octanol–water partition coefficient (Wildman–Crippen LogP) is 4.02. The highest BCUT2D eigenvalue weighted by molar-refractivity contribution is 7.91. The van der Waals surface area contributed by atoms with Gasteiger partial charge in [0.2, 0.25) is 21.8 Å². The number of nitrogens with one attached hydrogen (secondary N) is 3. The van der Waals surface area contributed by atoms with Crippen LogP contribution in [0.1, 0.15) is 75.6 Å². The van der Waals surface area contributed by atoms with Crippen LogP contribution in [0, 0.1) is 23.6 Å². The number of carbonyl (C=O) groups excluding carboxylic acids is 3. The van der Waals surface area contributed by atoms with E-state index in [0.29, 0.717) is 31.0 Å². The van der Waals surface area contributed by atoms with Crippen LogP contribution >= 0.6 is 0 Å². The number of halogens is 4. The van der Waals surface area contributed by atoms with Gasteiger partial charge in [-0.05, 0) is 55.2 Å². The number of carboxylic acid groups (broad SMARTS) is 1. The molecule has 1 aromatic heterocycles. The molecule has 1 aromatic carbocycles. The first kappa shape index (κ1) is 37.3. The lowest BCUT2D eigenvalue weighted by molar-refractivity contribution is -0.140. The van der Waals surface area contributed by atoms with E-state index in [-0.39, 0.29) is 37.2 Å². The Morgan fingerprint density at radius 1 is 1.12 bits per heavy atom. The Morgan fingerprint density at radius 3 is 2.42 bits per heavy atom. The van der Waals surface area contributed by atoms with Gasteiger partial charge < -0.3 is 20.6 Å². The van der Waals surface area contributed by atoms with E-state index < -0.39 is 98.1 Å². The Labute approximate surface area is 297 Å². The number of sulfonamides is 1. The number of pyridine rings is 1. The number of aromatic nitrogens is 1. The molecule has 52 heavy (non-hydrogen) atoms. The minimum Gasteiger partial charge on any atom is -0.465 e. The Morgan fingerprint density at radius 2 is 1.83 bits per heavy atom. The highest BCUT2D eigenvalue weighted by Gasteiger charge is 2.62. The average Bonchev–Trinajstić information content (AvgIpc) is 3.97. The molecular weight excluding hydrogens is 712 g/mol. The molecule has 0 spiro atoms. The molecule has 6 rings (SSSR count). The zero-order valence-corrected chi connectivity index (χ0v) is 29.4. The third-order valence-corrected chi connectivity index (χ3v) is 12.4. The molecule has 4 aliphatic rings. The fourth-order valence-electron chi connectivity index (χ4n) is 7.58. The molecule has 3 heterocycles. The molecule has 0 bridgehead atoms. The standard InChI is InChI=1S/C34H40F4N6O7S/c1-4-19-12-33(19,31(47)42-52(50,51)22-8-9-22)41-29(45)26-10-18(28-23-6-5-7-25(35)24(23)16-44(28)32(48)49)15-43(26)30(46)27(17(2)3)40-21-11-20(13-39-14-21)34(36,37)38/h5-7,11,13-14,17-19,22,26-28,40H,4,8-10,12,15-16H2,1-3H3,(H,41,45)(H,42,47)(H,48,49)/t18-,19-,26+,27+,28?,33-/m1/s1. The first-order chi connectivity index (χ1) is 24.4. The number of rotatable bonds is 11. The van der Waals surface area contributed by atoms with Crippen LogP contribution in [0.3, 0.4) is 0 Å². The molecule has 18 heteroatoms. The van der Waals surface area contributed by atoms with E-state index in [1.165, 1.54) is 17.0 Å². The van der Waals surface area contributed by atoms with Crippen molar-refractivity contribution in [3.05, 3.63) is 59.2 Å². The van der Waals surface area contributed by atoms with Gasteiger partial charge in [-0.1, -0.05) is 39.3 Å². The van der Waals surface area contributed by atoms with Crippen molar-refractivity contribution in [2.24, 2.45) is 17.8 Å². The van der Waals surface area contributed by atoms with Crippen molar-refractivity contribution in [2.45, 2.75) is 94.5 Å². The van der Waals surface area contributed by atoms with Crippen LogP contribution in [0.15, 0.2) is 36.7 Å². The molecule has 2 aliphatic carbocycles. The van der Waals surface area contributed by atoms with Gasteiger partial charge in [-0.2, -0.15) is 13.2 Å². The van der Waals surface area contributed by atoms with Gasteiger partial charge in [0.1, 0.15) is 23.4 Å². The van der Waals surface area contributed by atoms with E-state index in [4.69, 9.17) is 0 Å². The SMILES string of the molecule is CC[C@@H]1C[C@]1(NC(=O)[C@@H]1C[C@@H](C2c3cccc(F)c3CN2C(=O)O)CN1C(=O)[C@@H](Nc1cncc(C(F)(F)F)c1)C(C)C)C(=O)NS(=O)(=O)C1CC1. The zero-order chi connectivity index (χ0) is 37.9. The number of amides is 4. The van der Waals surface area contributed by atoms with E-state index in [2.05, 4.69) is 20.3 Å². The van der Waals surface area contributed by atoms with Crippen LogP contribution in [0.2, 0.25) is 0 Å². The number of hydrogen-bond donors (Lipinski definition) is 4. The summed E-state index contributed by atoms with van der Waals surface area (Å²) in [7, 11) is -3.96. The minimum absolute atomic E-state index is 0.105. The number of fused-ring (bicyclic) bond motifs is 1. The molecule has 2 saturated carbocycles. The number of likely N-dealkylation sites (tertiary alicyclic amines) is 1.